The first-order valence-electron chi connectivity index (χ1n) is 7.48. The summed E-state index contributed by atoms with van der Waals surface area (Å²) in [5, 5.41) is 13.5. The number of para-hydroxylation sites is 2. The van der Waals surface area contributed by atoms with Crippen molar-refractivity contribution in [3.05, 3.63) is 65.7 Å². The molecule has 0 spiro atoms. The molecule has 2 heterocycles. The Kier molecular flexibility index (Phi) is 4.13. The summed E-state index contributed by atoms with van der Waals surface area (Å²) in [6.45, 7) is 1.76. The van der Waals surface area contributed by atoms with Gasteiger partial charge in [-0.15, -0.1) is 5.53 Å². The Morgan fingerprint density at radius 3 is 2.31 bits per heavy atom. The highest BCUT2D eigenvalue weighted by atomic mass is 19.4. The molecule has 0 aromatic heterocycles. The van der Waals surface area contributed by atoms with E-state index < -0.39 is 11.7 Å². The smallest absolute Gasteiger partial charge is 0.416 e. The standard InChI is InChI=1S/C17H13F3N4O.H2O/c1-10-15-16(25)23(12-8-6-11(7-9-12)17(18,19)20)22-24(15)14-5-3-2-4-13(14)21-10;/h2-9,22,25H,1H3;1H2. The predicted octanol–water partition coefficient (Wildman–Crippen LogP) is 3.46. The Morgan fingerprint density at radius 2 is 1.65 bits per heavy atom. The molecule has 4 N–H and O–H groups in total. The van der Waals surface area contributed by atoms with Crippen LogP contribution in [0.4, 0.5) is 30.2 Å². The summed E-state index contributed by atoms with van der Waals surface area (Å²) in [6.07, 6.45) is -4.41. The number of hydrogen-bond donors (Lipinski definition) is 2. The summed E-state index contributed by atoms with van der Waals surface area (Å²) in [5.41, 5.74) is 5.14. The Balaban J connectivity index is 0.00000196. The molecular formula is C17H15F3N4O2. The first-order chi connectivity index (χ1) is 11.9. The van der Waals surface area contributed by atoms with E-state index in [-0.39, 0.29) is 11.4 Å². The van der Waals surface area contributed by atoms with Crippen molar-refractivity contribution >= 4 is 22.8 Å². The van der Waals surface area contributed by atoms with Crippen molar-refractivity contribution in [2.24, 2.45) is 4.99 Å². The third kappa shape index (κ3) is 2.67. The second kappa shape index (κ2) is 6.04. The van der Waals surface area contributed by atoms with Crippen LogP contribution in [0.15, 0.2) is 65.1 Å². The summed E-state index contributed by atoms with van der Waals surface area (Å²) in [4.78, 5) is 4.46. The van der Waals surface area contributed by atoms with Gasteiger partial charge in [-0.3, -0.25) is 0 Å². The number of benzene rings is 2. The number of allylic oxidation sites excluding steroid dienone is 1. The van der Waals surface area contributed by atoms with Gasteiger partial charge in [0.05, 0.1) is 28.3 Å². The largest absolute Gasteiger partial charge is 0.492 e. The Labute approximate surface area is 146 Å². The highest BCUT2D eigenvalue weighted by Crippen LogP contribution is 2.39. The van der Waals surface area contributed by atoms with Gasteiger partial charge < -0.3 is 10.6 Å². The maximum absolute atomic E-state index is 12.7. The summed E-state index contributed by atoms with van der Waals surface area (Å²) in [7, 11) is 0. The molecule has 136 valence electrons. The zero-order valence-corrected chi connectivity index (χ0v) is 13.5. The van der Waals surface area contributed by atoms with Gasteiger partial charge in [-0.25, -0.2) is 15.0 Å². The van der Waals surface area contributed by atoms with Crippen LogP contribution in [0.25, 0.3) is 0 Å². The van der Waals surface area contributed by atoms with E-state index in [4.69, 9.17) is 0 Å². The van der Waals surface area contributed by atoms with E-state index in [1.54, 1.807) is 11.9 Å². The van der Waals surface area contributed by atoms with Gasteiger partial charge in [0.2, 0.25) is 5.88 Å². The van der Waals surface area contributed by atoms with Crippen LogP contribution >= 0.6 is 0 Å². The fourth-order valence-electron chi connectivity index (χ4n) is 2.86. The number of halogens is 3. The number of aliphatic hydroxyl groups is 1. The van der Waals surface area contributed by atoms with E-state index in [2.05, 4.69) is 10.5 Å². The van der Waals surface area contributed by atoms with E-state index in [1.807, 2.05) is 24.3 Å². The van der Waals surface area contributed by atoms with E-state index in [0.717, 1.165) is 23.5 Å². The van der Waals surface area contributed by atoms with Crippen LogP contribution in [-0.4, -0.2) is 16.3 Å². The molecule has 2 aliphatic heterocycles. The molecule has 0 aliphatic carbocycles. The molecule has 0 unspecified atom stereocenters. The van der Waals surface area contributed by atoms with Gasteiger partial charge in [-0.2, -0.15) is 13.2 Å². The molecule has 2 aromatic carbocycles. The zero-order valence-electron chi connectivity index (χ0n) is 13.5. The minimum Gasteiger partial charge on any atom is -0.492 e. The number of aliphatic hydroxyl groups excluding tert-OH is 1. The van der Waals surface area contributed by atoms with Crippen molar-refractivity contribution < 1.29 is 23.8 Å². The van der Waals surface area contributed by atoms with Gasteiger partial charge in [-0.05, 0) is 43.3 Å². The molecule has 0 amide bonds. The van der Waals surface area contributed by atoms with E-state index in [1.165, 1.54) is 17.1 Å². The maximum Gasteiger partial charge on any atom is 0.416 e. The number of fused-ring (bicyclic) bond motifs is 3. The fourth-order valence-corrected chi connectivity index (χ4v) is 2.86. The lowest BCUT2D eigenvalue weighted by Gasteiger charge is -2.27. The highest BCUT2D eigenvalue weighted by molar-refractivity contribution is 6.07. The number of aliphatic imine (C=N–C) groups is 1. The van der Waals surface area contributed by atoms with Crippen LogP contribution in [0.5, 0.6) is 0 Å². The molecule has 0 saturated heterocycles. The summed E-state index contributed by atoms with van der Waals surface area (Å²) in [6, 6.07) is 11.9. The number of nitrogens with zero attached hydrogens (tertiary/aromatic N) is 3. The summed E-state index contributed by atoms with van der Waals surface area (Å²) < 4.78 is 38.2. The molecule has 6 nitrogen and oxygen atoms in total. The highest BCUT2D eigenvalue weighted by Gasteiger charge is 2.36. The molecular weight excluding hydrogens is 349 g/mol. The fraction of sp³-hybridized carbons (Fsp3) is 0.118. The average Bonchev–Trinajstić information content (AvgIpc) is 2.93. The number of hydrogen-bond acceptors (Lipinski definition) is 5. The number of hydrazine groups is 2. The van der Waals surface area contributed by atoms with Crippen LogP contribution in [0, 0.1) is 0 Å². The van der Waals surface area contributed by atoms with Crippen LogP contribution in [0.1, 0.15) is 12.5 Å². The van der Waals surface area contributed by atoms with Gasteiger partial charge >= 0.3 is 6.18 Å². The first-order valence-corrected chi connectivity index (χ1v) is 7.48. The van der Waals surface area contributed by atoms with Gasteiger partial charge in [0.25, 0.3) is 0 Å². The molecule has 0 radical (unpaired) electrons. The van der Waals surface area contributed by atoms with Crippen molar-refractivity contribution in [1.82, 2.24) is 5.53 Å². The SMILES string of the molecule is CC1=Nc2ccccc2N2NN(c3ccc(C(F)(F)F)cc3)C(O)=C12.O. The second-order valence-electron chi connectivity index (χ2n) is 5.67. The van der Waals surface area contributed by atoms with Gasteiger partial charge in [-0.1, -0.05) is 12.1 Å². The Hall–Kier alpha value is -3.04. The lowest BCUT2D eigenvalue weighted by atomic mass is 10.1. The predicted molar refractivity (Wildman–Crippen MR) is 92.0 cm³/mol. The molecule has 2 aliphatic rings. The molecule has 0 bridgehead atoms. The lowest BCUT2D eigenvalue weighted by molar-refractivity contribution is -0.137. The first kappa shape index (κ1) is 17.8. The number of alkyl halides is 3. The van der Waals surface area contributed by atoms with Crippen molar-refractivity contribution in [3.8, 4) is 0 Å². The molecule has 2 aromatic rings. The normalized spacial score (nSPS) is 16.1. The average molecular weight is 364 g/mol. The van der Waals surface area contributed by atoms with E-state index in [9.17, 15) is 18.3 Å². The monoisotopic (exact) mass is 364 g/mol. The molecule has 0 atom stereocenters. The summed E-state index contributed by atoms with van der Waals surface area (Å²) in [5.74, 6) is -0.129. The minimum absolute atomic E-state index is 0. The second-order valence-corrected chi connectivity index (χ2v) is 5.67. The molecule has 9 heteroatoms. The summed E-state index contributed by atoms with van der Waals surface area (Å²) >= 11 is 0. The molecule has 26 heavy (non-hydrogen) atoms. The number of rotatable bonds is 1. The van der Waals surface area contributed by atoms with Crippen LogP contribution in [0.2, 0.25) is 0 Å². The van der Waals surface area contributed by atoms with Gasteiger partial charge in [0.15, 0.2) is 0 Å². The van der Waals surface area contributed by atoms with E-state index in [0.29, 0.717) is 17.1 Å². The molecule has 0 saturated carbocycles. The van der Waals surface area contributed by atoms with E-state index >= 15 is 0 Å². The maximum atomic E-state index is 12.7. The minimum atomic E-state index is -4.41. The Bertz CT molecular complexity index is 907. The van der Waals surface area contributed by atoms with Gasteiger partial charge in [0, 0.05) is 0 Å². The topological polar surface area (TPSA) is 82.6 Å². The van der Waals surface area contributed by atoms with Crippen LogP contribution < -0.4 is 15.6 Å². The van der Waals surface area contributed by atoms with Crippen molar-refractivity contribution in [2.45, 2.75) is 13.1 Å². The molecule has 0 fully saturated rings. The van der Waals surface area contributed by atoms with Crippen molar-refractivity contribution in [2.75, 3.05) is 10.0 Å². The quantitative estimate of drug-likeness (QED) is 0.812. The number of nitrogens with one attached hydrogen (secondary N) is 1. The third-order valence-corrected chi connectivity index (χ3v) is 4.05. The Morgan fingerprint density at radius 1 is 1.00 bits per heavy atom. The number of anilines is 2. The third-order valence-electron chi connectivity index (χ3n) is 4.05. The molecule has 4 rings (SSSR count). The van der Waals surface area contributed by atoms with Crippen molar-refractivity contribution in [3.63, 3.8) is 0 Å². The van der Waals surface area contributed by atoms with Crippen LogP contribution in [-0.2, 0) is 6.18 Å². The lowest BCUT2D eigenvalue weighted by Crippen LogP contribution is -2.43. The van der Waals surface area contributed by atoms with Crippen LogP contribution in [0.3, 0.4) is 0 Å². The zero-order chi connectivity index (χ0) is 17.8. The van der Waals surface area contributed by atoms with Gasteiger partial charge in [0.1, 0.15) is 5.70 Å². The van der Waals surface area contributed by atoms with Crippen molar-refractivity contribution in [1.29, 1.82) is 0 Å².